The van der Waals surface area contributed by atoms with Gasteiger partial charge in [0.1, 0.15) is 0 Å². The fourth-order valence-corrected chi connectivity index (χ4v) is 9.01. The first-order valence-corrected chi connectivity index (χ1v) is 13.3. The first-order valence-electron chi connectivity index (χ1n) is 13.3. The molecule has 2 N–H and O–H groups in total. The molecule has 0 aromatic rings. The van der Waals surface area contributed by atoms with E-state index >= 15 is 0 Å². The molecule has 4 aliphatic rings. The van der Waals surface area contributed by atoms with Crippen molar-refractivity contribution >= 4 is 5.78 Å². The molecule has 0 aliphatic heterocycles. The van der Waals surface area contributed by atoms with E-state index in [2.05, 4.69) is 47.6 Å². The second-order valence-corrected chi connectivity index (χ2v) is 12.5. The fourth-order valence-electron chi connectivity index (χ4n) is 9.01. The van der Waals surface area contributed by atoms with Gasteiger partial charge in [-0.05, 0) is 97.5 Å². The monoisotopic (exact) mass is 442 g/mol. The lowest BCUT2D eigenvalue weighted by molar-refractivity contribution is -0.111. The molecular formula is C29H46O3. The third-order valence-electron chi connectivity index (χ3n) is 10.9. The Kier molecular flexibility index (Phi) is 6.57. The third-order valence-corrected chi connectivity index (χ3v) is 10.9. The molecule has 0 bridgehead atoms. The van der Waals surface area contributed by atoms with Gasteiger partial charge in [0, 0.05) is 5.41 Å². The molecule has 3 saturated carbocycles. The van der Waals surface area contributed by atoms with Crippen LogP contribution in [0.3, 0.4) is 0 Å². The molecule has 32 heavy (non-hydrogen) atoms. The zero-order valence-corrected chi connectivity index (χ0v) is 21.2. The van der Waals surface area contributed by atoms with E-state index in [9.17, 15) is 15.0 Å². The van der Waals surface area contributed by atoms with Crippen LogP contribution in [0.2, 0.25) is 0 Å². The zero-order chi connectivity index (χ0) is 23.4. The second-order valence-electron chi connectivity index (χ2n) is 12.5. The highest BCUT2D eigenvalue weighted by Gasteiger charge is 2.59. The molecule has 180 valence electrons. The van der Waals surface area contributed by atoms with Crippen molar-refractivity contribution in [3.63, 3.8) is 0 Å². The Labute approximate surface area is 195 Å². The van der Waals surface area contributed by atoms with E-state index in [4.69, 9.17) is 0 Å². The van der Waals surface area contributed by atoms with E-state index in [1.807, 2.05) is 6.08 Å². The first-order chi connectivity index (χ1) is 15.0. The maximum atomic E-state index is 12.0. The van der Waals surface area contributed by atoms with Crippen molar-refractivity contribution in [3.8, 4) is 0 Å². The minimum atomic E-state index is -0.647. The van der Waals surface area contributed by atoms with Crippen molar-refractivity contribution in [1.29, 1.82) is 0 Å². The lowest BCUT2D eigenvalue weighted by atomic mass is 9.47. The predicted octanol–water partition coefficient (Wildman–Crippen LogP) is 5.95. The lowest BCUT2D eigenvalue weighted by Gasteiger charge is -2.57. The fraction of sp³-hybridized carbons (Fsp3) is 0.828. The van der Waals surface area contributed by atoms with Crippen LogP contribution in [0, 0.1) is 52.3 Å². The Morgan fingerprint density at radius 3 is 2.41 bits per heavy atom. The van der Waals surface area contributed by atoms with Crippen molar-refractivity contribution in [2.45, 2.75) is 98.7 Å². The van der Waals surface area contributed by atoms with Crippen molar-refractivity contribution < 1.29 is 15.0 Å². The summed E-state index contributed by atoms with van der Waals surface area (Å²) in [5, 5.41) is 22.3. The highest BCUT2D eigenvalue weighted by Crippen LogP contribution is 2.67. The van der Waals surface area contributed by atoms with Crippen molar-refractivity contribution in [1.82, 2.24) is 0 Å². The van der Waals surface area contributed by atoms with Crippen LogP contribution >= 0.6 is 0 Å². The number of carbonyl (C=O) groups excluding carboxylic acids is 1. The first kappa shape index (κ1) is 24.2. The summed E-state index contributed by atoms with van der Waals surface area (Å²) in [6.45, 7) is 13.5. The summed E-state index contributed by atoms with van der Waals surface area (Å²) in [6.07, 6.45) is 12.6. The van der Waals surface area contributed by atoms with Gasteiger partial charge in [0.05, 0.1) is 12.2 Å². The number of allylic oxidation sites excluding steroid dienone is 4. The quantitative estimate of drug-likeness (QED) is 0.534. The molecule has 0 spiro atoms. The SMILES string of the molecule is CC[C@@H](C(C)C)[C@H](O)[C@@H](O)[C@@H](C)[C@H]1CCC2C3CCC4=CC(=O)C=C[C@]4(C)C3CC[C@@]21C. The molecule has 10 atom stereocenters. The van der Waals surface area contributed by atoms with Gasteiger partial charge in [0.15, 0.2) is 5.78 Å². The number of rotatable bonds is 6. The molecule has 0 amide bonds. The van der Waals surface area contributed by atoms with Crippen molar-refractivity contribution in [2.75, 3.05) is 0 Å². The van der Waals surface area contributed by atoms with Crippen LogP contribution in [-0.2, 0) is 4.79 Å². The highest BCUT2D eigenvalue weighted by molar-refractivity contribution is 6.01. The minimum Gasteiger partial charge on any atom is -0.390 e. The normalized spacial score (nSPS) is 42.5. The Morgan fingerprint density at radius 2 is 1.75 bits per heavy atom. The van der Waals surface area contributed by atoms with Gasteiger partial charge in [0.2, 0.25) is 0 Å². The average molecular weight is 443 g/mol. The van der Waals surface area contributed by atoms with Crippen LogP contribution in [0.5, 0.6) is 0 Å². The van der Waals surface area contributed by atoms with Gasteiger partial charge in [-0.25, -0.2) is 0 Å². The third kappa shape index (κ3) is 3.66. The van der Waals surface area contributed by atoms with E-state index in [1.165, 1.54) is 37.7 Å². The van der Waals surface area contributed by atoms with E-state index in [0.717, 1.165) is 12.8 Å². The number of hydrogen-bond donors (Lipinski definition) is 2. The standard InChI is InChI=1S/C29H46O3/c1-7-21(17(2)3)27(32)26(31)18(4)23-10-11-24-22-9-8-19-16-20(30)12-14-28(19,5)25(22)13-15-29(23,24)6/h12,14,16-18,21-27,31-32H,7-11,13,15H2,1-6H3/t18-,21-,22?,23+,24?,25?,26-,27-,28-,29+/m0/s1. The van der Waals surface area contributed by atoms with Gasteiger partial charge in [-0.1, -0.05) is 59.6 Å². The van der Waals surface area contributed by atoms with Gasteiger partial charge in [-0.15, -0.1) is 0 Å². The zero-order valence-electron chi connectivity index (χ0n) is 21.2. The molecule has 0 heterocycles. The van der Waals surface area contributed by atoms with Crippen molar-refractivity contribution in [2.24, 2.45) is 52.3 Å². The summed E-state index contributed by atoms with van der Waals surface area (Å²) in [5.41, 5.74) is 1.64. The number of carbonyl (C=O) groups is 1. The number of aliphatic hydroxyl groups excluding tert-OH is 2. The minimum absolute atomic E-state index is 0.0448. The highest BCUT2D eigenvalue weighted by atomic mass is 16.3. The van der Waals surface area contributed by atoms with E-state index in [1.54, 1.807) is 6.08 Å². The van der Waals surface area contributed by atoms with Crippen LogP contribution in [0.25, 0.3) is 0 Å². The molecule has 0 aromatic carbocycles. The molecule has 4 rings (SSSR count). The summed E-state index contributed by atoms with van der Waals surface area (Å²) in [6, 6.07) is 0. The summed E-state index contributed by atoms with van der Waals surface area (Å²) < 4.78 is 0. The van der Waals surface area contributed by atoms with Gasteiger partial charge < -0.3 is 10.2 Å². The Bertz CT molecular complexity index is 781. The second kappa shape index (κ2) is 8.69. The Balaban J connectivity index is 1.54. The predicted molar refractivity (Wildman–Crippen MR) is 130 cm³/mol. The molecule has 0 aromatic heterocycles. The maximum absolute atomic E-state index is 12.0. The summed E-state index contributed by atoms with van der Waals surface area (Å²) in [7, 11) is 0. The van der Waals surface area contributed by atoms with Gasteiger partial charge in [-0.2, -0.15) is 0 Å². The molecule has 3 nitrogen and oxygen atoms in total. The summed E-state index contributed by atoms with van der Waals surface area (Å²) in [4.78, 5) is 12.0. The van der Waals surface area contributed by atoms with E-state index < -0.39 is 12.2 Å². The summed E-state index contributed by atoms with van der Waals surface area (Å²) in [5.74, 6) is 3.28. The molecule has 4 aliphatic carbocycles. The largest absolute Gasteiger partial charge is 0.390 e. The Hall–Kier alpha value is -0.930. The topological polar surface area (TPSA) is 57.5 Å². The van der Waals surface area contributed by atoms with Crippen LogP contribution in [-0.4, -0.2) is 28.2 Å². The molecule has 0 saturated heterocycles. The molecule has 3 fully saturated rings. The molecular weight excluding hydrogens is 396 g/mol. The van der Waals surface area contributed by atoms with Crippen LogP contribution in [0.15, 0.2) is 23.8 Å². The van der Waals surface area contributed by atoms with Gasteiger partial charge in [-0.3, -0.25) is 4.79 Å². The Morgan fingerprint density at radius 1 is 1.03 bits per heavy atom. The maximum Gasteiger partial charge on any atom is 0.178 e. The van der Waals surface area contributed by atoms with Crippen molar-refractivity contribution in [3.05, 3.63) is 23.8 Å². The molecule has 3 heteroatoms. The number of aliphatic hydroxyl groups is 2. The van der Waals surface area contributed by atoms with Crippen LogP contribution in [0.1, 0.15) is 86.5 Å². The number of hydrogen-bond acceptors (Lipinski definition) is 3. The lowest BCUT2D eigenvalue weighted by Crippen LogP contribution is -2.51. The van der Waals surface area contributed by atoms with Crippen LogP contribution < -0.4 is 0 Å². The smallest absolute Gasteiger partial charge is 0.178 e. The van der Waals surface area contributed by atoms with Gasteiger partial charge in [0.25, 0.3) is 0 Å². The number of fused-ring (bicyclic) bond motifs is 5. The van der Waals surface area contributed by atoms with E-state index in [0.29, 0.717) is 29.6 Å². The summed E-state index contributed by atoms with van der Waals surface area (Å²) >= 11 is 0. The van der Waals surface area contributed by atoms with E-state index in [-0.39, 0.29) is 28.4 Å². The molecule has 0 radical (unpaired) electrons. The number of ketones is 1. The molecule has 3 unspecified atom stereocenters. The van der Waals surface area contributed by atoms with Crippen LogP contribution in [0.4, 0.5) is 0 Å². The van der Waals surface area contributed by atoms with Gasteiger partial charge >= 0.3 is 0 Å². The average Bonchev–Trinajstić information content (AvgIpc) is 3.10.